The first kappa shape index (κ1) is 20.6. The van der Waals surface area contributed by atoms with E-state index in [2.05, 4.69) is 50.5 Å². The number of aromatic nitrogens is 2. The molecule has 1 aliphatic heterocycles. The van der Waals surface area contributed by atoms with Crippen LogP contribution < -0.4 is 5.32 Å². The molecule has 1 fully saturated rings. The number of hydrogen-bond acceptors (Lipinski definition) is 4. The van der Waals surface area contributed by atoms with Crippen LogP contribution in [-0.4, -0.2) is 64.8 Å². The van der Waals surface area contributed by atoms with Crippen LogP contribution in [0.15, 0.2) is 30.3 Å². The Hall–Kier alpha value is -2.18. The second-order valence-corrected chi connectivity index (χ2v) is 7.76. The molecular formula is C22H33N5O. The molecule has 152 valence electrons. The summed E-state index contributed by atoms with van der Waals surface area (Å²) in [5.41, 5.74) is 4.46. The summed E-state index contributed by atoms with van der Waals surface area (Å²) in [6.45, 7) is 11.2. The number of amides is 1. The van der Waals surface area contributed by atoms with Gasteiger partial charge in [-0.15, -0.1) is 0 Å². The average Bonchev–Trinajstić information content (AvgIpc) is 2.93. The van der Waals surface area contributed by atoms with Gasteiger partial charge in [0.25, 0.3) is 0 Å². The van der Waals surface area contributed by atoms with Crippen molar-refractivity contribution in [2.75, 3.05) is 39.3 Å². The second-order valence-electron chi connectivity index (χ2n) is 7.76. The van der Waals surface area contributed by atoms with Gasteiger partial charge in [-0.05, 0) is 32.4 Å². The Balaban J connectivity index is 1.30. The highest BCUT2D eigenvalue weighted by molar-refractivity contribution is 5.79. The molecule has 1 aromatic carbocycles. The monoisotopic (exact) mass is 383 g/mol. The van der Waals surface area contributed by atoms with Crippen molar-refractivity contribution in [1.82, 2.24) is 24.9 Å². The molecule has 1 saturated heterocycles. The van der Waals surface area contributed by atoms with Gasteiger partial charge in [-0.3, -0.25) is 14.4 Å². The Bertz CT molecular complexity index is 763. The maximum atomic E-state index is 12.2. The molecule has 0 atom stereocenters. The van der Waals surface area contributed by atoms with Crippen LogP contribution in [0.4, 0.5) is 0 Å². The largest absolute Gasteiger partial charge is 0.356 e. The SMILES string of the molecule is Cc1nn(C)c(C)c1CC(=O)NCCCN1CCN(Cc2ccccc2)CC1. The highest BCUT2D eigenvalue weighted by Crippen LogP contribution is 2.12. The second kappa shape index (κ2) is 9.85. The molecule has 1 aliphatic rings. The van der Waals surface area contributed by atoms with E-state index in [4.69, 9.17) is 0 Å². The fourth-order valence-electron chi connectivity index (χ4n) is 3.84. The summed E-state index contributed by atoms with van der Waals surface area (Å²) in [6, 6.07) is 10.7. The minimum absolute atomic E-state index is 0.0897. The van der Waals surface area contributed by atoms with Gasteiger partial charge in [-0.2, -0.15) is 5.10 Å². The van der Waals surface area contributed by atoms with E-state index in [-0.39, 0.29) is 5.91 Å². The van der Waals surface area contributed by atoms with Crippen LogP contribution >= 0.6 is 0 Å². The number of nitrogens with one attached hydrogen (secondary N) is 1. The van der Waals surface area contributed by atoms with Crippen LogP contribution in [0.5, 0.6) is 0 Å². The summed E-state index contributed by atoms with van der Waals surface area (Å²) in [5, 5.41) is 7.44. The maximum absolute atomic E-state index is 12.2. The Morgan fingerprint density at radius 1 is 1.07 bits per heavy atom. The van der Waals surface area contributed by atoms with E-state index in [9.17, 15) is 4.79 Å². The van der Waals surface area contributed by atoms with E-state index in [1.165, 1.54) is 5.56 Å². The zero-order chi connectivity index (χ0) is 19.9. The van der Waals surface area contributed by atoms with Crippen molar-refractivity contribution >= 4 is 5.91 Å². The molecular weight excluding hydrogens is 350 g/mol. The number of rotatable bonds is 8. The Morgan fingerprint density at radius 2 is 1.75 bits per heavy atom. The van der Waals surface area contributed by atoms with Crippen molar-refractivity contribution in [2.24, 2.45) is 7.05 Å². The number of carbonyl (C=O) groups is 1. The van der Waals surface area contributed by atoms with Gasteiger partial charge in [-0.25, -0.2) is 0 Å². The lowest BCUT2D eigenvalue weighted by Gasteiger charge is -2.34. The summed E-state index contributed by atoms with van der Waals surface area (Å²) in [6.07, 6.45) is 1.42. The third-order valence-electron chi connectivity index (χ3n) is 5.68. The molecule has 0 saturated carbocycles. The Morgan fingerprint density at radius 3 is 2.39 bits per heavy atom. The quantitative estimate of drug-likeness (QED) is 0.708. The van der Waals surface area contributed by atoms with Gasteiger partial charge in [0.2, 0.25) is 5.91 Å². The van der Waals surface area contributed by atoms with Crippen LogP contribution in [-0.2, 0) is 24.8 Å². The standard InChI is InChI=1S/C22H33N5O/c1-18-21(19(2)25(3)24-18)16-22(28)23-10-7-11-26-12-14-27(15-13-26)17-20-8-5-4-6-9-20/h4-6,8-9H,7,10-17H2,1-3H3,(H,23,28). The molecule has 28 heavy (non-hydrogen) atoms. The molecule has 0 spiro atoms. The third-order valence-corrected chi connectivity index (χ3v) is 5.68. The maximum Gasteiger partial charge on any atom is 0.224 e. The smallest absolute Gasteiger partial charge is 0.224 e. The molecule has 1 N–H and O–H groups in total. The topological polar surface area (TPSA) is 53.4 Å². The molecule has 3 rings (SSSR count). The van der Waals surface area contributed by atoms with E-state index in [1.807, 2.05) is 25.6 Å². The number of benzene rings is 1. The summed E-state index contributed by atoms with van der Waals surface area (Å²) in [7, 11) is 1.92. The van der Waals surface area contributed by atoms with E-state index in [0.717, 1.165) is 69.2 Å². The van der Waals surface area contributed by atoms with Crippen molar-refractivity contribution in [2.45, 2.75) is 33.2 Å². The fourth-order valence-corrected chi connectivity index (χ4v) is 3.84. The minimum atomic E-state index is 0.0897. The van der Waals surface area contributed by atoms with E-state index in [1.54, 1.807) is 0 Å². The first-order valence-corrected chi connectivity index (χ1v) is 10.3. The van der Waals surface area contributed by atoms with Crippen molar-refractivity contribution < 1.29 is 4.79 Å². The minimum Gasteiger partial charge on any atom is -0.356 e. The molecule has 0 bridgehead atoms. The molecule has 6 nitrogen and oxygen atoms in total. The molecule has 6 heteroatoms. The van der Waals surface area contributed by atoms with Gasteiger partial charge in [0.05, 0.1) is 12.1 Å². The van der Waals surface area contributed by atoms with Gasteiger partial charge in [0, 0.05) is 57.6 Å². The average molecular weight is 384 g/mol. The molecule has 1 amide bonds. The number of nitrogens with zero attached hydrogens (tertiary/aromatic N) is 4. The van der Waals surface area contributed by atoms with Crippen molar-refractivity contribution in [3.63, 3.8) is 0 Å². The molecule has 2 heterocycles. The van der Waals surface area contributed by atoms with Crippen molar-refractivity contribution in [3.05, 3.63) is 52.8 Å². The van der Waals surface area contributed by atoms with Crippen LogP contribution in [0, 0.1) is 13.8 Å². The molecule has 0 aliphatic carbocycles. The van der Waals surface area contributed by atoms with Gasteiger partial charge in [0.15, 0.2) is 0 Å². The summed E-state index contributed by atoms with van der Waals surface area (Å²) in [4.78, 5) is 17.2. The molecule has 0 radical (unpaired) electrons. The Kier molecular flexibility index (Phi) is 7.23. The van der Waals surface area contributed by atoms with Gasteiger partial charge in [-0.1, -0.05) is 30.3 Å². The molecule has 1 aromatic heterocycles. The number of piperazine rings is 1. The van der Waals surface area contributed by atoms with Gasteiger partial charge >= 0.3 is 0 Å². The molecule has 2 aromatic rings. The van der Waals surface area contributed by atoms with Crippen LogP contribution in [0.25, 0.3) is 0 Å². The first-order valence-electron chi connectivity index (χ1n) is 10.3. The zero-order valence-corrected chi connectivity index (χ0v) is 17.4. The van der Waals surface area contributed by atoms with E-state index in [0.29, 0.717) is 6.42 Å². The lowest BCUT2D eigenvalue weighted by Crippen LogP contribution is -2.46. The summed E-state index contributed by atoms with van der Waals surface area (Å²) < 4.78 is 1.84. The van der Waals surface area contributed by atoms with Crippen molar-refractivity contribution in [3.8, 4) is 0 Å². The number of hydrogen-bond donors (Lipinski definition) is 1. The number of aryl methyl sites for hydroxylation is 2. The van der Waals surface area contributed by atoms with Crippen molar-refractivity contribution in [1.29, 1.82) is 0 Å². The Labute approximate surface area is 168 Å². The highest BCUT2D eigenvalue weighted by Gasteiger charge is 2.17. The fraction of sp³-hybridized carbons (Fsp3) is 0.545. The zero-order valence-electron chi connectivity index (χ0n) is 17.4. The highest BCUT2D eigenvalue weighted by atomic mass is 16.1. The normalized spacial score (nSPS) is 15.7. The van der Waals surface area contributed by atoms with Crippen LogP contribution in [0.1, 0.15) is 28.9 Å². The van der Waals surface area contributed by atoms with E-state index >= 15 is 0 Å². The lowest BCUT2D eigenvalue weighted by molar-refractivity contribution is -0.120. The van der Waals surface area contributed by atoms with E-state index < -0.39 is 0 Å². The van der Waals surface area contributed by atoms with Gasteiger partial charge < -0.3 is 10.2 Å². The number of carbonyl (C=O) groups excluding carboxylic acids is 1. The van der Waals surface area contributed by atoms with Crippen LogP contribution in [0.2, 0.25) is 0 Å². The third kappa shape index (κ3) is 5.66. The van der Waals surface area contributed by atoms with Gasteiger partial charge in [0.1, 0.15) is 0 Å². The molecule has 0 unspecified atom stereocenters. The predicted molar refractivity (Wildman–Crippen MR) is 112 cm³/mol. The predicted octanol–water partition coefficient (Wildman–Crippen LogP) is 1.90. The lowest BCUT2D eigenvalue weighted by atomic mass is 10.1. The first-order chi connectivity index (χ1) is 13.5. The summed E-state index contributed by atoms with van der Waals surface area (Å²) >= 11 is 0. The van der Waals surface area contributed by atoms with Crippen LogP contribution in [0.3, 0.4) is 0 Å². The summed E-state index contributed by atoms with van der Waals surface area (Å²) in [5.74, 6) is 0.0897.